The van der Waals surface area contributed by atoms with Gasteiger partial charge in [0.1, 0.15) is 0 Å². The Labute approximate surface area is 181 Å². The average Bonchev–Trinajstić information content (AvgIpc) is 2.73. The van der Waals surface area contributed by atoms with Crippen LogP contribution in [0.1, 0.15) is 46.6 Å². The molecular weight excluding hydrogens is 404 g/mol. The summed E-state index contributed by atoms with van der Waals surface area (Å²) >= 11 is 6.15. The lowest BCUT2D eigenvalue weighted by Gasteiger charge is -2.34. The number of aromatic nitrogens is 2. The van der Waals surface area contributed by atoms with Crippen molar-refractivity contribution in [3.63, 3.8) is 0 Å². The van der Waals surface area contributed by atoms with Crippen LogP contribution in [-0.4, -0.2) is 59.5 Å². The molecule has 4 rings (SSSR count). The molecule has 0 bridgehead atoms. The number of carbonyl (C=O) groups is 2. The second-order valence-electron chi connectivity index (χ2n) is 7.69. The van der Waals surface area contributed by atoms with Crippen molar-refractivity contribution in [3.8, 4) is 0 Å². The third-order valence-electron chi connectivity index (χ3n) is 5.71. The number of anilines is 1. The number of hydrogen-bond donors (Lipinski definition) is 0. The normalized spacial score (nSPS) is 18.9. The number of amides is 1. The van der Waals surface area contributed by atoms with Crippen LogP contribution in [0.25, 0.3) is 0 Å². The first kappa shape index (κ1) is 20.6. The summed E-state index contributed by atoms with van der Waals surface area (Å²) in [6, 6.07) is 7.69. The third kappa shape index (κ3) is 4.12. The molecule has 2 aromatic rings. The fourth-order valence-electron chi connectivity index (χ4n) is 4.20. The first-order valence-electron chi connectivity index (χ1n) is 10.3. The highest BCUT2D eigenvalue weighted by Crippen LogP contribution is 2.34. The fourth-order valence-corrected chi connectivity index (χ4v) is 4.40. The van der Waals surface area contributed by atoms with Gasteiger partial charge >= 0.3 is 6.09 Å². The van der Waals surface area contributed by atoms with Crippen molar-refractivity contribution in [2.45, 2.75) is 32.6 Å². The maximum Gasteiger partial charge on any atom is 0.409 e. The number of aryl methyl sites for hydroxylation is 1. The molecule has 1 atom stereocenters. The van der Waals surface area contributed by atoms with Crippen molar-refractivity contribution in [2.24, 2.45) is 0 Å². The minimum Gasteiger partial charge on any atom is -0.450 e. The van der Waals surface area contributed by atoms with Crippen molar-refractivity contribution >= 4 is 29.4 Å². The molecular formula is C22H25ClN4O3. The van der Waals surface area contributed by atoms with Gasteiger partial charge in [-0.3, -0.25) is 4.79 Å². The van der Waals surface area contributed by atoms with Gasteiger partial charge in [-0.1, -0.05) is 23.7 Å². The highest BCUT2D eigenvalue weighted by molar-refractivity contribution is 6.30. The van der Waals surface area contributed by atoms with E-state index in [2.05, 4.69) is 9.88 Å². The molecule has 1 amide bonds. The number of Topliss-reactive ketones (excluding diaryl/α,β-unsaturated/α-hetero) is 1. The number of carbonyl (C=O) groups excluding carboxylic acids is 2. The Hall–Kier alpha value is -2.67. The van der Waals surface area contributed by atoms with Crippen LogP contribution in [0.3, 0.4) is 0 Å². The summed E-state index contributed by atoms with van der Waals surface area (Å²) in [7, 11) is 0. The van der Waals surface area contributed by atoms with Crippen LogP contribution < -0.4 is 4.90 Å². The van der Waals surface area contributed by atoms with Crippen LogP contribution in [0, 0.1) is 6.92 Å². The van der Waals surface area contributed by atoms with Gasteiger partial charge in [-0.05, 0) is 43.9 Å². The molecule has 0 radical (unpaired) electrons. The lowest BCUT2D eigenvalue weighted by atomic mass is 9.81. The number of halogens is 1. The molecule has 1 fully saturated rings. The van der Waals surface area contributed by atoms with Gasteiger partial charge in [-0.25, -0.2) is 14.8 Å². The van der Waals surface area contributed by atoms with Crippen molar-refractivity contribution in [1.29, 1.82) is 0 Å². The second-order valence-corrected chi connectivity index (χ2v) is 8.12. The van der Waals surface area contributed by atoms with Gasteiger partial charge in [0.2, 0.25) is 5.95 Å². The second kappa shape index (κ2) is 8.60. The summed E-state index contributed by atoms with van der Waals surface area (Å²) in [5.74, 6) is 0.762. The van der Waals surface area contributed by atoms with E-state index >= 15 is 0 Å². The summed E-state index contributed by atoms with van der Waals surface area (Å²) in [6.07, 6.45) is 0.838. The Morgan fingerprint density at radius 2 is 1.97 bits per heavy atom. The predicted molar refractivity (Wildman–Crippen MR) is 114 cm³/mol. The average molecular weight is 429 g/mol. The molecule has 1 aliphatic carbocycles. The Bertz CT molecular complexity index is 973. The number of nitrogens with zero attached hydrogens (tertiary/aromatic N) is 4. The van der Waals surface area contributed by atoms with Crippen molar-refractivity contribution in [2.75, 3.05) is 37.7 Å². The topological polar surface area (TPSA) is 75.6 Å². The molecule has 1 saturated heterocycles. The molecule has 7 nitrogen and oxygen atoms in total. The Balaban J connectivity index is 1.55. The zero-order chi connectivity index (χ0) is 21.3. The fraction of sp³-hybridized carbons (Fsp3) is 0.455. The zero-order valence-corrected chi connectivity index (χ0v) is 18.0. The zero-order valence-electron chi connectivity index (χ0n) is 17.2. The van der Waals surface area contributed by atoms with E-state index in [1.165, 1.54) is 0 Å². The number of ether oxygens (including phenoxy) is 1. The van der Waals surface area contributed by atoms with Gasteiger partial charge in [-0.15, -0.1) is 0 Å². The molecule has 0 saturated carbocycles. The van der Waals surface area contributed by atoms with Gasteiger partial charge in [0.15, 0.2) is 5.78 Å². The van der Waals surface area contributed by atoms with E-state index in [1.807, 2.05) is 31.2 Å². The van der Waals surface area contributed by atoms with Gasteiger partial charge in [0.25, 0.3) is 0 Å². The van der Waals surface area contributed by atoms with Gasteiger partial charge < -0.3 is 14.5 Å². The highest BCUT2D eigenvalue weighted by atomic mass is 35.5. The monoisotopic (exact) mass is 428 g/mol. The van der Waals surface area contributed by atoms with E-state index in [-0.39, 0.29) is 17.8 Å². The largest absolute Gasteiger partial charge is 0.450 e. The van der Waals surface area contributed by atoms with Crippen molar-refractivity contribution < 1.29 is 14.3 Å². The minimum atomic E-state index is -0.283. The van der Waals surface area contributed by atoms with E-state index in [0.29, 0.717) is 62.2 Å². The highest BCUT2D eigenvalue weighted by Gasteiger charge is 2.31. The summed E-state index contributed by atoms with van der Waals surface area (Å²) in [6.45, 7) is 6.41. The smallest absolute Gasteiger partial charge is 0.409 e. The molecule has 2 aliphatic rings. The van der Waals surface area contributed by atoms with Crippen molar-refractivity contribution in [1.82, 2.24) is 14.9 Å². The Morgan fingerprint density at radius 1 is 1.20 bits per heavy atom. The van der Waals surface area contributed by atoms with Crippen LogP contribution in [0.4, 0.5) is 10.7 Å². The van der Waals surface area contributed by atoms with E-state index in [0.717, 1.165) is 17.0 Å². The number of benzene rings is 1. The number of piperazine rings is 1. The van der Waals surface area contributed by atoms with Crippen LogP contribution in [0.2, 0.25) is 5.02 Å². The van der Waals surface area contributed by atoms with Gasteiger partial charge in [0, 0.05) is 37.6 Å². The molecule has 2 heterocycles. The summed E-state index contributed by atoms with van der Waals surface area (Å²) in [4.78, 5) is 37.9. The first-order valence-corrected chi connectivity index (χ1v) is 10.7. The quantitative estimate of drug-likeness (QED) is 0.743. The maximum absolute atomic E-state index is 12.9. The number of ketones is 1. The Morgan fingerprint density at radius 3 is 2.67 bits per heavy atom. The molecule has 1 aliphatic heterocycles. The molecule has 0 N–H and O–H groups in total. The summed E-state index contributed by atoms with van der Waals surface area (Å²) in [5, 5.41) is 0.671. The lowest BCUT2D eigenvalue weighted by molar-refractivity contribution is 0.0960. The molecule has 1 aromatic carbocycles. The third-order valence-corrected chi connectivity index (χ3v) is 5.95. The number of hydrogen-bond acceptors (Lipinski definition) is 6. The van der Waals surface area contributed by atoms with E-state index < -0.39 is 0 Å². The minimum absolute atomic E-state index is 0.0616. The molecule has 0 spiro atoms. The lowest BCUT2D eigenvalue weighted by Crippen LogP contribution is -2.49. The molecule has 30 heavy (non-hydrogen) atoms. The Kier molecular flexibility index (Phi) is 5.90. The summed E-state index contributed by atoms with van der Waals surface area (Å²) < 4.78 is 5.08. The van der Waals surface area contributed by atoms with E-state index in [4.69, 9.17) is 21.3 Å². The van der Waals surface area contributed by atoms with Crippen LogP contribution in [-0.2, 0) is 11.2 Å². The van der Waals surface area contributed by atoms with E-state index in [1.54, 1.807) is 11.8 Å². The first-order chi connectivity index (χ1) is 14.5. The molecule has 8 heteroatoms. The van der Waals surface area contributed by atoms with E-state index in [9.17, 15) is 9.59 Å². The predicted octanol–water partition coefficient (Wildman–Crippen LogP) is 3.63. The molecule has 0 unspecified atom stereocenters. The SMILES string of the molecule is CCOC(=O)N1CCN(c2nc(C)c3c(n2)C[C@H](c2cccc(Cl)c2)CC3=O)CC1. The number of rotatable bonds is 3. The van der Waals surface area contributed by atoms with Crippen LogP contribution in [0.5, 0.6) is 0 Å². The van der Waals surface area contributed by atoms with Crippen LogP contribution in [0.15, 0.2) is 24.3 Å². The molecule has 158 valence electrons. The standard InChI is InChI=1S/C22H25ClN4O3/c1-3-30-22(29)27-9-7-26(8-10-27)21-24-14(2)20-18(25-21)12-16(13-19(20)28)15-5-4-6-17(23)11-15/h4-6,11,16H,3,7-10,12-13H2,1-2H3/t16-/m0/s1. The summed E-state index contributed by atoms with van der Waals surface area (Å²) in [5.41, 5.74) is 3.23. The van der Waals surface area contributed by atoms with Gasteiger partial charge in [0.05, 0.1) is 23.6 Å². The van der Waals surface area contributed by atoms with Gasteiger partial charge in [-0.2, -0.15) is 0 Å². The maximum atomic E-state index is 12.9. The van der Waals surface area contributed by atoms with Crippen molar-refractivity contribution in [3.05, 3.63) is 51.8 Å². The molecule has 1 aromatic heterocycles. The van der Waals surface area contributed by atoms with Crippen LogP contribution >= 0.6 is 11.6 Å². The number of fused-ring (bicyclic) bond motifs is 1.